The van der Waals surface area contributed by atoms with Crippen molar-refractivity contribution in [3.63, 3.8) is 0 Å². The summed E-state index contributed by atoms with van der Waals surface area (Å²) >= 11 is 0. The van der Waals surface area contributed by atoms with E-state index < -0.39 is 0 Å². The molecule has 0 aliphatic carbocycles. The molecule has 4 nitrogen and oxygen atoms in total. The molecule has 0 saturated carbocycles. The molecule has 5 heteroatoms. The van der Waals surface area contributed by atoms with Gasteiger partial charge in [-0.2, -0.15) is 0 Å². The third-order valence-electron chi connectivity index (χ3n) is 5.32. The summed E-state index contributed by atoms with van der Waals surface area (Å²) in [5.41, 5.74) is 1.22. The van der Waals surface area contributed by atoms with Crippen LogP contribution in [0.15, 0.2) is 30.3 Å². The monoisotopic (exact) mass is 366 g/mol. The number of benzene rings is 1. The number of carbonyl (C=O) groups is 1. The highest BCUT2D eigenvalue weighted by Gasteiger charge is 2.30. The molecule has 1 aromatic rings. The summed E-state index contributed by atoms with van der Waals surface area (Å²) in [5, 5.41) is 3.45. The van der Waals surface area contributed by atoms with Crippen molar-refractivity contribution in [3.8, 4) is 0 Å². The Hall–Kier alpha value is -1.10. The minimum atomic E-state index is 0. The van der Waals surface area contributed by atoms with Crippen LogP contribution in [0.2, 0.25) is 0 Å². The molecule has 2 atom stereocenters. The lowest BCUT2D eigenvalue weighted by molar-refractivity contribution is -0.138. The van der Waals surface area contributed by atoms with Gasteiger partial charge in [-0.3, -0.25) is 4.79 Å². The molecular weight excluding hydrogens is 336 g/mol. The molecule has 2 aliphatic rings. The molecule has 2 saturated heterocycles. The Morgan fingerprint density at radius 2 is 1.92 bits per heavy atom. The van der Waals surface area contributed by atoms with E-state index in [-0.39, 0.29) is 18.3 Å². The highest BCUT2D eigenvalue weighted by atomic mass is 35.5. The maximum Gasteiger partial charge on any atom is 0.226 e. The third-order valence-corrected chi connectivity index (χ3v) is 5.32. The highest BCUT2D eigenvalue weighted by Crippen LogP contribution is 2.23. The first kappa shape index (κ1) is 20.2. The maximum absolute atomic E-state index is 13.2. The number of piperidine rings is 1. The maximum atomic E-state index is 13.2. The van der Waals surface area contributed by atoms with E-state index >= 15 is 0 Å². The molecule has 3 rings (SSSR count). The lowest BCUT2D eigenvalue weighted by Crippen LogP contribution is -2.45. The minimum absolute atomic E-state index is 0. The second-order valence-electron chi connectivity index (χ2n) is 7.34. The van der Waals surface area contributed by atoms with Gasteiger partial charge in [0, 0.05) is 38.3 Å². The summed E-state index contributed by atoms with van der Waals surface area (Å²) in [6.45, 7) is 6.41. The van der Waals surface area contributed by atoms with Gasteiger partial charge in [0.25, 0.3) is 0 Å². The average molecular weight is 367 g/mol. The van der Waals surface area contributed by atoms with Gasteiger partial charge < -0.3 is 15.0 Å². The Labute approximate surface area is 157 Å². The van der Waals surface area contributed by atoms with Crippen molar-refractivity contribution < 1.29 is 9.53 Å². The number of rotatable bonds is 5. The fraction of sp³-hybridized carbons (Fsp3) is 0.650. The summed E-state index contributed by atoms with van der Waals surface area (Å²) in [6.07, 6.45) is 4.06. The predicted molar refractivity (Wildman–Crippen MR) is 103 cm³/mol. The van der Waals surface area contributed by atoms with Crippen molar-refractivity contribution in [3.05, 3.63) is 35.9 Å². The highest BCUT2D eigenvalue weighted by molar-refractivity contribution is 5.85. The van der Waals surface area contributed by atoms with Crippen LogP contribution in [0.3, 0.4) is 0 Å². The molecule has 140 valence electrons. The molecule has 1 N–H and O–H groups in total. The van der Waals surface area contributed by atoms with E-state index in [1.54, 1.807) is 0 Å². The van der Waals surface area contributed by atoms with Crippen molar-refractivity contribution in [1.82, 2.24) is 10.2 Å². The average Bonchev–Trinajstić information content (AvgIpc) is 2.62. The number of nitrogens with one attached hydrogen (secondary N) is 1. The van der Waals surface area contributed by atoms with E-state index in [0.717, 1.165) is 58.5 Å². The molecule has 0 bridgehead atoms. The quantitative estimate of drug-likeness (QED) is 0.869. The van der Waals surface area contributed by atoms with Crippen LogP contribution in [-0.4, -0.2) is 43.2 Å². The van der Waals surface area contributed by atoms with Crippen LogP contribution in [-0.2, 0) is 16.1 Å². The molecule has 2 aliphatic heterocycles. The Bertz CT molecular complexity index is 520. The summed E-state index contributed by atoms with van der Waals surface area (Å²) < 4.78 is 5.48. The molecular formula is C20H31ClN2O2. The molecule has 0 aromatic heterocycles. The number of nitrogens with zero attached hydrogens (tertiary/aromatic N) is 1. The second-order valence-corrected chi connectivity index (χ2v) is 7.34. The normalized spacial score (nSPS) is 24.4. The smallest absolute Gasteiger partial charge is 0.226 e. The minimum Gasteiger partial charge on any atom is -0.381 e. The number of carbonyl (C=O) groups excluding carboxylic acids is 1. The summed E-state index contributed by atoms with van der Waals surface area (Å²) in [6, 6.07) is 10.8. The SMILES string of the molecule is C[C@H]1C[C@@H](C(=O)N(Cc2ccccc2)CC2CCOCC2)CCN1.Cl. The van der Waals surface area contributed by atoms with Gasteiger partial charge in [-0.25, -0.2) is 0 Å². The number of ether oxygens (including phenoxy) is 1. The van der Waals surface area contributed by atoms with Gasteiger partial charge >= 0.3 is 0 Å². The molecule has 2 heterocycles. The lowest BCUT2D eigenvalue weighted by Gasteiger charge is -2.35. The van der Waals surface area contributed by atoms with Crippen molar-refractivity contribution in [2.24, 2.45) is 11.8 Å². The summed E-state index contributed by atoms with van der Waals surface area (Å²) in [7, 11) is 0. The van der Waals surface area contributed by atoms with Crippen LogP contribution in [0.1, 0.15) is 38.2 Å². The predicted octanol–water partition coefficient (Wildman–Crippen LogP) is 3.25. The van der Waals surface area contributed by atoms with Crippen molar-refractivity contribution in [2.75, 3.05) is 26.3 Å². The zero-order valence-corrected chi connectivity index (χ0v) is 16.0. The molecule has 2 fully saturated rings. The molecule has 25 heavy (non-hydrogen) atoms. The molecule has 0 radical (unpaired) electrons. The summed E-state index contributed by atoms with van der Waals surface area (Å²) in [4.78, 5) is 15.3. The van der Waals surface area contributed by atoms with E-state index in [0.29, 0.717) is 17.9 Å². The fourth-order valence-corrected chi connectivity index (χ4v) is 3.89. The van der Waals surface area contributed by atoms with Crippen molar-refractivity contribution in [1.29, 1.82) is 0 Å². The molecule has 0 spiro atoms. The molecule has 0 unspecified atom stereocenters. The zero-order chi connectivity index (χ0) is 16.8. The van der Waals surface area contributed by atoms with E-state index in [9.17, 15) is 4.79 Å². The topological polar surface area (TPSA) is 41.6 Å². The number of hydrogen-bond acceptors (Lipinski definition) is 3. The van der Waals surface area contributed by atoms with E-state index in [2.05, 4.69) is 41.4 Å². The number of amides is 1. The lowest BCUT2D eigenvalue weighted by atomic mass is 9.91. The van der Waals surface area contributed by atoms with Crippen molar-refractivity contribution >= 4 is 18.3 Å². The van der Waals surface area contributed by atoms with E-state index in [1.807, 2.05) is 6.07 Å². The number of halogens is 1. The Morgan fingerprint density at radius 1 is 1.20 bits per heavy atom. The van der Waals surface area contributed by atoms with Crippen LogP contribution < -0.4 is 5.32 Å². The Morgan fingerprint density at radius 3 is 2.60 bits per heavy atom. The summed E-state index contributed by atoms with van der Waals surface area (Å²) in [5.74, 6) is 1.09. The molecule has 1 amide bonds. The third kappa shape index (κ3) is 5.98. The van der Waals surface area contributed by atoms with Gasteiger partial charge in [0.05, 0.1) is 0 Å². The van der Waals surface area contributed by atoms with Crippen LogP contribution in [0.5, 0.6) is 0 Å². The van der Waals surface area contributed by atoms with Gasteiger partial charge in [-0.1, -0.05) is 30.3 Å². The van der Waals surface area contributed by atoms with E-state index in [4.69, 9.17) is 4.74 Å². The molecule has 1 aromatic carbocycles. The first-order chi connectivity index (χ1) is 11.7. The second kappa shape index (κ2) is 10.1. The van der Waals surface area contributed by atoms with Crippen LogP contribution in [0.4, 0.5) is 0 Å². The van der Waals surface area contributed by atoms with E-state index in [1.165, 1.54) is 5.56 Å². The fourth-order valence-electron chi connectivity index (χ4n) is 3.89. The standard InChI is InChI=1S/C20H30N2O2.ClH/c1-16-13-19(7-10-21-16)20(23)22(14-17-5-3-2-4-6-17)15-18-8-11-24-12-9-18;/h2-6,16,18-19,21H,7-15H2,1H3;1H/t16-,19-;/m0./s1. The van der Waals surface area contributed by atoms with Gasteiger partial charge in [0.1, 0.15) is 0 Å². The van der Waals surface area contributed by atoms with Crippen LogP contribution >= 0.6 is 12.4 Å². The largest absolute Gasteiger partial charge is 0.381 e. The van der Waals surface area contributed by atoms with Crippen molar-refractivity contribution in [2.45, 2.75) is 45.2 Å². The Balaban J connectivity index is 0.00000225. The zero-order valence-electron chi connectivity index (χ0n) is 15.2. The van der Waals surface area contributed by atoms with Gasteiger partial charge in [-0.05, 0) is 50.6 Å². The first-order valence-electron chi connectivity index (χ1n) is 9.36. The van der Waals surface area contributed by atoms with Crippen LogP contribution in [0.25, 0.3) is 0 Å². The van der Waals surface area contributed by atoms with Crippen LogP contribution in [0, 0.1) is 11.8 Å². The van der Waals surface area contributed by atoms with Gasteiger partial charge in [0.2, 0.25) is 5.91 Å². The van der Waals surface area contributed by atoms with Gasteiger partial charge in [0.15, 0.2) is 0 Å². The Kier molecular flexibility index (Phi) is 8.20. The number of hydrogen-bond donors (Lipinski definition) is 1. The van der Waals surface area contributed by atoms with Gasteiger partial charge in [-0.15, -0.1) is 12.4 Å². The first-order valence-corrected chi connectivity index (χ1v) is 9.36.